The summed E-state index contributed by atoms with van der Waals surface area (Å²) in [6, 6.07) is 10.1. The normalized spacial score (nSPS) is 15.9. The Morgan fingerprint density at radius 2 is 1.77 bits per heavy atom. The molecule has 3 rings (SSSR count). The molecule has 0 spiro atoms. The number of hydrogen-bond acceptors (Lipinski definition) is 5. The zero-order chi connectivity index (χ0) is 21.7. The molecule has 7 nitrogen and oxygen atoms in total. The number of carbonyl (C=O) groups excluding carboxylic acids is 1. The lowest BCUT2D eigenvalue weighted by Gasteiger charge is -2.30. The first kappa shape index (κ1) is 22.5. The summed E-state index contributed by atoms with van der Waals surface area (Å²) in [4.78, 5) is 17.0. The monoisotopic (exact) mass is 432 g/mol. The molecule has 0 aromatic heterocycles. The molecule has 3 N–H and O–H groups in total. The number of amides is 1. The molecule has 30 heavy (non-hydrogen) atoms. The lowest BCUT2D eigenvalue weighted by Crippen LogP contribution is -2.50. The molecule has 1 aliphatic heterocycles. The van der Waals surface area contributed by atoms with E-state index in [0.717, 1.165) is 30.3 Å². The Kier molecular flexibility index (Phi) is 7.33. The smallest absolute Gasteiger partial charge is 0.241 e. The molecule has 1 heterocycles. The standard InChI is InChI=1S/C22H32N4O3S/c1-25(2)20-12-6-10-18-17(20)9-7-13-21(18)30(28,29)24-19(11-8-14-23)22(27)26-15-4-3-5-16-26/h6-7,9-10,12-13,19,24H,3-5,8,11,14-16,23H2,1-2H3/t19-/m0/s1. The zero-order valence-electron chi connectivity index (χ0n) is 17.8. The Morgan fingerprint density at radius 3 is 2.43 bits per heavy atom. The van der Waals surface area contributed by atoms with E-state index in [1.54, 1.807) is 23.1 Å². The molecule has 1 saturated heterocycles. The fourth-order valence-corrected chi connectivity index (χ4v) is 5.47. The van der Waals surface area contributed by atoms with E-state index in [2.05, 4.69) is 4.72 Å². The molecular weight excluding hydrogens is 400 g/mol. The first-order chi connectivity index (χ1) is 14.3. The van der Waals surface area contributed by atoms with Crippen molar-refractivity contribution in [3.8, 4) is 0 Å². The maximum atomic E-state index is 13.4. The predicted molar refractivity (Wildman–Crippen MR) is 121 cm³/mol. The van der Waals surface area contributed by atoms with Crippen LogP contribution in [-0.2, 0) is 14.8 Å². The maximum absolute atomic E-state index is 13.4. The topological polar surface area (TPSA) is 95.7 Å². The largest absolute Gasteiger partial charge is 0.377 e. The molecule has 1 aliphatic rings. The molecule has 2 aromatic rings. The molecule has 164 valence electrons. The Labute approximate surface area is 179 Å². The van der Waals surface area contributed by atoms with Crippen molar-refractivity contribution >= 4 is 32.4 Å². The van der Waals surface area contributed by atoms with E-state index in [4.69, 9.17) is 5.73 Å². The molecule has 1 atom stereocenters. The summed E-state index contributed by atoms with van der Waals surface area (Å²) in [6.45, 7) is 1.77. The summed E-state index contributed by atoms with van der Waals surface area (Å²) in [5.41, 5.74) is 6.58. The number of hydrogen-bond donors (Lipinski definition) is 2. The van der Waals surface area contributed by atoms with E-state index in [0.29, 0.717) is 37.9 Å². The van der Waals surface area contributed by atoms with Crippen molar-refractivity contribution < 1.29 is 13.2 Å². The van der Waals surface area contributed by atoms with Crippen molar-refractivity contribution in [2.75, 3.05) is 38.6 Å². The number of rotatable bonds is 8. The lowest BCUT2D eigenvalue weighted by atomic mass is 10.1. The van der Waals surface area contributed by atoms with Crippen LogP contribution >= 0.6 is 0 Å². The van der Waals surface area contributed by atoms with Crippen LogP contribution in [0.5, 0.6) is 0 Å². The van der Waals surface area contributed by atoms with Crippen molar-refractivity contribution in [3.05, 3.63) is 36.4 Å². The van der Waals surface area contributed by atoms with Gasteiger partial charge in [-0.05, 0) is 50.8 Å². The molecule has 0 bridgehead atoms. The highest BCUT2D eigenvalue weighted by Gasteiger charge is 2.30. The van der Waals surface area contributed by atoms with Crippen molar-refractivity contribution in [2.24, 2.45) is 5.73 Å². The van der Waals surface area contributed by atoms with Gasteiger partial charge in [-0.2, -0.15) is 4.72 Å². The third-order valence-corrected chi connectivity index (χ3v) is 7.12. The van der Waals surface area contributed by atoms with Gasteiger partial charge in [-0.25, -0.2) is 8.42 Å². The third-order valence-electron chi connectivity index (χ3n) is 5.59. The first-order valence-electron chi connectivity index (χ1n) is 10.6. The van der Waals surface area contributed by atoms with Gasteiger partial charge in [0.25, 0.3) is 0 Å². The van der Waals surface area contributed by atoms with Gasteiger partial charge in [-0.15, -0.1) is 0 Å². The van der Waals surface area contributed by atoms with Crippen LogP contribution in [0.15, 0.2) is 41.3 Å². The number of sulfonamides is 1. The molecule has 2 aromatic carbocycles. The highest BCUT2D eigenvalue weighted by atomic mass is 32.2. The Hall–Kier alpha value is -2.16. The SMILES string of the molecule is CN(C)c1cccc2c(S(=O)(=O)N[C@@H](CCCN)C(=O)N3CCCCC3)cccc12. The van der Waals surface area contributed by atoms with E-state index in [9.17, 15) is 13.2 Å². The predicted octanol–water partition coefficient (Wildman–Crippen LogP) is 2.30. The number of benzene rings is 2. The van der Waals surface area contributed by atoms with E-state index in [1.165, 1.54) is 0 Å². The second-order valence-electron chi connectivity index (χ2n) is 8.01. The number of likely N-dealkylation sites (tertiary alicyclic amines) is 1. The molecule has 0 unspecified atom stereocenters. The average molecular weight is 433 g/mol. The molecule has 8 heteroatoms. The summed E-state index contributed by atoms with van der Waals surface area (Å²) in [5, 5.41) is 1.49. The fourth-order valence-electron chi connectivity index (χ4n) is 4.03. The van der Waals surface area contributed by atoms with Gasteiger partial charge >= 0.3 is 0 Å². The van der Waals surface area contributed by atoms with E-state index >= 15 is 0 Å². The summed E-state index contributed by atoms with van der Waals surface area (Å²) < 4.78 is 29.4. The Balaban J connectivity index is 1.94. The molecule has 0 aliphatic carbocycles. The van der Waals surface area contributed by atoms with E-state index < -0.39 is 16.1 Å². The molecule has 0 saturated carbocycles. The molecule has 1 amide bonds. The van der Waals surface area contributed by atoms with Crippen molar-refractivity contribution in [2.45, 2.75) is 43.0 Å². The molecular formula is C22H32N4O3S. The van der Waals surface area contributed by atoms with Crippen molar-refractivity contribution in [3.63, 3.8) is 0 Å². The number of nitrogens with two attached hydrogens (primary N) is 1. The van der Waals surface area contributed by atoms with Gasteiger partial charge in [0, 0.05) is 43.6 Å². The van der Waals surface area contributed by atoms with Gasteiger partial charge in [-0.1, -0.05) is 24.3 Å². The summed E-state index contributed by atoms with van der Waals surface area (Å²) in [7, 11) is -0.0496. The third kappa shape index (κ3) is 4.94. The Morgan fingerprint density at radius 1 is 1.10 bits per heavy atom. The number of carbonyl (C=O) groups is 1. The van der Waals surface area contributed by atoms with Gasteiger partial charge in [0.2, 0.25) is 15.9 Å². The van der Waals surface area contributed by atoms with Crippen LogP contribution in [0.2, 0.25) is 0 Å². The van der Waals surface area contributed by atoms with Crippen LogP contribution in [0, 0.1) is 0 Å². The van der Waals surface area contributed by atoms with Crippen LogP contribution in [-0.4, -0.2) is 59.0 Å². The van der Waals surface area contributed by atoms with Gasteiger partial charge in [0.15, 0.2) is 0 Å². The number of piperidine rings is 1. The van der Waals surface area contributed by atoms with Crippen molar-refractivity contribution in [1.29, 1.82) is 0 Å². The van der Waals surface area contributed by atoms with Gasteiger partial charge in [-0.3, -0.25) is 4.79 Å². The summed E-state index contributed by atoms with van der Waals surface area (Å²) in [5.74, 6) is -0.152. The maximum Gasteiger partial charge on any atom is 0.241 e. The van der Waals surface area contributed by atoms with Crippen molar-refractivity contribution in [1.82, 2.24) is 9.62 Å². The van der Waals surface area contributed by atoms with Gasteiger partial charge < -0.3 is 15.5 Å². The number of nitrogens with one attached hydrogen (secondary N) is 1. The van der Waals surface area contributed by atoms with Crippen LogP contribution < -0.4 is 15.4 Å². The fraction of sp³-hybridized carbons (Fsp3) is 0.500. The van der Waals surface area contributed by atoms with Crippen LogP contribution in [0.1, 0.15) is 32.1 Å². The van der Waals surface area contributed by atoms with E-state index in [-0.39, 0.29) is 10.8 Å². The minimum atomic E-state index is -3.90. The highest BCUT2D eigenvalue weighted by molar-refractivity contribution is 7.89. The summed E-state index contributed by atoms with van der Waals surface area (Å²) >= 11 is 0. The number of fused-ring (bicyclic) bond motifs is 1. The average Bonchev–Trinajstić information content (AvgIpc) is 2.75. The van der Waals surface area contributed by atoms with E-state index in [1.807, 2.05) is 37.2 Å². The minimum absolute atomic E-state index is 0.152. The highest BCUT2D eigenvalue weighted by Crippen LogP contribution is 2.30. The Bertz CT molecular complexity index is 985. The second-order valence-corrected chi connectivity index (χ2v) is 9.70. The van der Waals surface area contributed by atoms with Crippen LogP contribution in [0.25, 0.3) is 10.8 Å². The minimum Gasteiger partial charge on any atom is -0.377 e. The second kappa shape index (κ2) is 9.76. The van der Waals surface area contributed by atoms with Gasteiger partial charge in [0.05, 0.1) is 4.90 Å². The van der Waals surface area contributed by atoms with Crippen LogP contribution in [0.4, 0.5) is 5.69 Å². The molecule has 0 radical (unpaired) electrons. The zero-order valence-corrected chi connectivity index (χ0v) is 18.6. The quantitative estimate of drug-likeness (QED) is 0.667. The van der Waals surface area contributed by atoms with Crippen LogP contribution in [0.3, 0.4) is 0 Å². The first-order valence-corrected chi connectivity index (χ1v) is 12.0. The number of nitrogens with zero attached hydrogens (tertiary/aromatic N) is 2. The number of anilines is 1. The lowest BCUT2D eigenvalue weighted by molar-refractivity contribution is -0.134. The molecule has 1 fully saturated rings. The van der Waals surface area contributed by atoms with Gasteiger partial charge in [0.1, 0.15) is 6.04 Å². The summed E-state index contributed by atoms with van der Waals surface area (Å²) in [6.07, 6.45) is 3.98.